The monoisotopic (exact) mass is 427 g/mol. The standard InChI is InChI=1S/C22H33N7O2/c1-18(21-26-25-20-5-2-3-12-29(20)21)24-22(30)28(17-19-6-8-23-9-7-19)11-4-10-27-13-15-31-16-14-27/h6-9,18H,2-5,10-17H2,1H3,(H,24,30). The zero-order valence-corrected chi connectivity index (χ0v) is 18.4. The molecule has 1 N–H and O–H groups in total. The van der Waals surface area contributed by atoms with E-state index in [0.717, 1.165) is 82.3 Å². The van der Waals surface area contributed by atoms with Gasteiger partial charge >= 0.3 is 6.03 Å². The van der Waals surface area contributed by atoms with E-state index in [-0.39, 0.29) is 12.1 Å². The second kappa shape index (κ2) is 10.7. The summed E-state index contributed by atoms with van der Waals surface area (Å²) in [5, 5.41) is 11.9. The molecule has 168 valence electrons. The number of morpholine rings is 1. The van der Waals surface area contributed by atoms with Crippen LogP contribution in [0.5, 0.6) is 0 Å². The Balaban J connectivity index is 1.38. The molecule has 1 saturated heterocycles. The molecule has 4 rings (SSSR count). The van der Waals surface area contributed by atoms with E-state index in [1.165, 1.54) is 0 Å². The molecule has 9 nitrogen and oxygen atoms in total. The Labute approximate surface area is 183 Å². The van der Waals surface area contributed by atoms with Gasteiger partial charge in [-0.25, -0.2) is 4.79 Å². The van der Waals surface area contributed by atoms with E-state index in [2.05, 4.69) is 30.0 Å². The fourth-order valence-corrected chi connectivity index (χ4v) is 4.26. The van der Waals surface area contributed by atoms with Crippen LogP contribution in [0.4, 0.5) is 4.79 Å². The number of ether oxygens (including phenoxy) is 1. The lowest BCUT2D eigenvalue weighted by atomic mass is 10.1. The fraction of sp³-hybridized carbons (Fsp3) is 0.636. The zero-order chi connectivity index (χ0) is 21.5. The van der Waals surface area contributed by atoms with E-state index in [1.54, 1.807) is 12.4 Å². The molecule has 0 spiro atoms. The van der Waals surface area contributed by atoms with Crippen molar-refractivity contribution in [3.05, 3.63) is 41.7 Å². The maximum Gasteiger partial charge on any atom is 0.318 e. The summed E-state index contributed by atoms with van der Waals surface area (Å²) in [5.41, 5.74) is 1.07. The number of hydrogen-bond donors (Lipinski definition) is 1. The topological polar surface area (TPSA) is 88.4 Å². The molecule has 0 bridgehead atoms. The van der Waals surface area contributed by atoms with Crippen LogP contribution in [0.1, 0.15) is 49.4 Å². The summed E-state index contributed by atoms with van der Waals surface area (Å²) < 4.78 is 7.59. The first-order valence-corrected chi connectivity index (χ1v) is 11.4. The van der Waals surface area contributed by atoms with Gasteiger partial charge in [-0.3, -0.25) is 9.88 Å². The highest BCUT2D eigenvalue weighted by molar-refractivity contribution is 5.74. The lowest BCUT2D eigenvalue weighted by Gasteiger charge is -2.29. The molecule has 31 heavy (non-hydrogen) atoms. The third kappa shape index (κ3) is 5.80. The van der Waals surface area contributed by atoms with E-state index in [9.17, 15) is 4.79 Å². The first-order valence-electron chi connectivity index (χ1n) is 11.4. The molecule has 1 unspecified atom stereocenters. The number of amides is 2. The molecule has 9 heteroatoms. The van der Waals surface area contributed by atoms with E-state index >= 15 is 0 Å². The number of hydrogen-bond acceptors (Lipinski definition) is 6. The smallest absolute Gasteiger partial charge is 0.318 e. The molecule has 2 aromatic rings. The molecule has 0 radical (unpaired) electrons. The summed E-state index contributed by atoms with van der Waals surface area (Å²) in [6, 6.07) is 3.66. The number of urea groups is 1. The molecule has 2 aliphatic rings. The minimum atomic E-state index is -0.189. The Morgan fingerprint density at radius 1 is 1.19 bits per heavy atom. The van der Waals surface area contributed by atoms with Gasteiger partial charge in [0.25, 0.3) is 0 Å². The van der Waals surface area contributed by atoms with Gasteiger partial charge in [-0.1, -0.05) is 0 Å². The van der Waals surface area contributed by atoms with Gasteiger partial charge in [0.1, 0.15) is 5.82 Å². The summed E-state index contributed by atoms with van der Waals surface area (Å²) in [7, 11) is 0. The average Bonchev–Trinajstić information content (AvgIpc) is 3.24. The SMILES string of the molecule is CC(NC(=O)N(CCCN1CCOCC1)Cc1ccncc1)c1nnc2n1CCCC2. The summed E-state index contributed by atoms with van der Waals surface area (Å²) in [6.07, 6.45) is 7.71. The summed E-state index contributed by atoms with van der Waals surface area (Å²) >= 11 is 0. The molecule has 1 atom stereocenters. The molecule has 2 amide bonds. The summed E-state index contributed by atoms with van der Waals surface area (Å²) in [5.74, 6) is 1.88. The third-order valence-electron chi connectivity index (χ3n) is 6.03. The molecule has 2 aromatic heterocycles. The average molecular weight is 428 g/mol. The molecule has 0 aromatic carbocycles. The number of aryl methyl sites for hydroxylation is 1. The van der Waals surface area contributed by atoms with Gasteiger partial charge < -0.3 is 19.5 Å². The molecule has 2 aliphatic heterocycles. The van der Waals surface area contributed by atoms with Crippen molar-refractivity contribution >= 4 is 6.03 Å². The van der Waals surface area contributed by atoms with Gasteiger partial charge in [-0.05, 0) is 43.9 Å². The van der Waals surface area contributed by atoms with Crippen molar-refractivity contribution in [3.8, 4) is 0 Å². The van der Waals surface area contributed by atoms with Gasteiger partial charge in [0, 0.05) is 58.1 Å². The van der Waals surface area contributed by atoms with E-state index in [0.29, 0.717) is 13.1 Å². The summed E-state index contributed by atoms with van der Waals surface area (Å²) in [4.78, 5) is 21.6. The van der Waals surface area contributed by atoms with Crippen molar-refractivity contribution in [1.29, 1.82) is 0 Å². The van der Waals surface area contributed by atoms with Gasteiger partial charge in [0.2, 0.25) is 0 Å². The maximum absolute atomic E-state index is 13.2. The second-order valence-corrected chi connectivity index (χ2v) is 8.34. The van der Waals surface area contributed by atoms with Crippen molar-refractivity contribution in [1.82, 2.24) is 34.9 Å². The molecule has 4 heterocycles. The number of nitrogens with one attached hydrogen (secondary N) is 1. The highest BCUT2D eigenvalue weighted by Gasteiger charge is 2.23. The van der Waals surface area contributed by atoms with Crippen molar-refractivity contribution in [2.75, 3.05) is 39.4 Å². The lowest BCUT2D eigenvalue weighted by molar-refractivity contribution is 0.0364. The second-order valence-electron chi connectivity index (χ2n) is 8.34. The first-order chi connectivity index (χ1) is 15.2. The molecule has 0 saturated carbocycles. The van der Waals surface area contributed by atoms with E-state index in [4.69, 9.17) is 4.74 Å². The lowest BCUT2D eigenvalue weighted by Crippen LogP contribution is -2.43. The number of carbonyl (C=O) groups excluding carboxylic acids is 1. The number of fused-ring (bicyclic) bond motifs is 1. The Hall–Kier alpha value is -2.52. The van der Waals surface area contributed by atoms with Crippen LogP contribution in [0.3, 0.4) is 0 Å². The Kier molecular flexibility index (Phi) is 7.48. The fourth-order valence-electron chi connectivity index (χ4n) is 4.26. The highest BCUT2D eigenvalue weighted by atomic mass is 16.5. The van der Waals surface area contributed by atoms with Crippen molar-refractivity contribution in [2.45, 2.75) is 51.7 Å². The van der Waals surface area contributed by atoms with Crippen molar-refractivity contribution < 1.29 is 9.53 Å². The minimum absolute atomic E-state index is 0.0700. The molecular weight excluding hydrogens is 394 g/mol. The van der Waals surface area contributed by atoms with Crippen LogP contribution in [-0.4, -0.2) is 75.0 Å². The predicted molar refractivity (Wildman–Crippen MR) is 116 cm³/mol. The van der Waals surface area contributed by atoms with Crippen LogP contribution in [0, 0.1) is 0 Å². The van der Waals surface area contributed by atoms with Gasteiger partial charge in [0.15, 0.2) is 5.82 Å². The van der Waals surface area contributed by atoms with Crippen LogP contribution in [0.2, 0.25) is 0 Å². The Morgan fingerprint density at radius 3 is 2.81 bits per heavy atom. The Bertz CT molecular complexity index is 836. The van der Waals surface area contributed by atoms with Crippen LogP contribution in [-0.2, 0) is 24.2 Å². The molecular formula is C22H33N7O2. The van der Waals surface area contributed by atoms with Crippen molar-refractivity contribution in [3.63, 3.8) is 0 Å². The predicted octanol–water partition coefficient (Wildman–Crippen LogP) is 2.00. The normalized spacial score (nSPS) is 17.7. The van der Waals surface area contributed by atoms with Gasteiger partial charge in [0.05, 0.1) is 19.3 Å². The molecule has 1 fully saturated rings. The number of carbonyl (C=O) groups is 1. The molecule has 0 aliphatic carbocycles. The largest absolute Gasteiger partial charge is 0.379 e. The number of aromatic nitrogens is 4. The van der Waals surface area contributed by atoms with Crippen molar-refractivity contribution in [2.24, 2.45) is 0 Å². The van der Waals surface area contributed by atoms with E-state index in [1.807, 2.05) is 24.0 Å². The maximum atomic E-state index is 13.2. The van der Waals surface area contributed by atoms with Gasteiger partial charge in [-0.2, -0.15) is 0 Å². The van der Waals surface area contributed by atoms with Crippen LogP contribution < -0.4 is 5.32 Å². The quantitative estimate of drug-likeness (QED) is 0.693. The number of pyridine rings is 1. The highest BCUT2D eigenvalue weighted by Crippen LogP contribution is 2.19. The van der Waals surface area contributed by atoms with Crippen LogP contribution >= 0.6 is 0 Å². The number of nitrogens with zero attached hydrogens (tertiary/aromatic N) is 6. The van der Waals surface area contributed by atoms with Gasteiger partial charge in [-0.15, -0.1) is 10.2 Å². The third-order valence-corrected chi connectivity index (χ3v) is 6.03. The van der Waals surface area contributed by atoms with Crippen LogP contribution in [0.25, 0.3) is 0 Å². The first kappa shape index (κ1) is 21.7. The summed E-state index contributed by atoms with van der Waals surface area (Å²) in [6.45, 7) is 8.65. The number of rotatable bonds is 8. The zero-order valence-electron chi connectivity index (χ0n) is 18.4. The Morgan fingerprint density at radius 2 is 2.00 bits per heavy atom. The van der Waals surface area contributed by atoms with E-state index < -0.39 is 0 Å². The van der Waals surface area contributed by atoms with Crippen LogP contribution in [0.15, 0.2) is 24.5 Å². The minimum Gasteiger partial charge on any atom is -0.379 e.